The van der Waals surface area contributed by atoms with Crippen molar-refractivity contribution in [2.45, 2.75) is 19.6 Å². The summed E-state index contributed by atoms with van der Waals surface area (Å²) < 4.78 is 0. The molecule has 0 radical (unpaired) electrons. The summed E-state index contributed by atoms with van der Waals surface area (Å²) in [5.41, 5.74) is 1.20. The summed E-state index contributed by atoms with van der Waals surface area (Å²) in [6.07, 6.45) is -0.335. The number of rotatable bonds is 3. The van der Waals surface area contributed by atoms with Crippen molar-refractivity contribution in [1.29, 1.82) is 0 Å². The van der Waals surface area contributed by atoms with Crippen LogP contribution < -0.4 is 5.32 Å². The number of hydrogen-bond donors (Lipinski definition) is 2. The van der Waals surface area contributed by atoms with E-state index in [0.717, 1.165) is 11.4 Å². The lowest BCUT2D eigenvalue weighted by atomic mass is 10.2. The minimum absolute atomic E-state index is 0.335. The molecule has 0 amide bonds. The first-order chi connectivity index (χ1) is 5.25. The van der Waals surface area contributed by atoms with Gasteiger partial charge in [0.05, 0.1) is 6.10 Å². The third-order valence-corrected chi connectivity index (χ3v) is 2.66. The predicted octanol–water partition coefficient (Wildman–Crippen LogP) is 1.52. The molecule has 1 aromatic rings. The lowest BCUT2D eigenvalue weighted by Gasteiger charge is -2.04. The molecule has 3 heteroatoms. The third-order valence-electron chi connectivity index (χ3n) is 1.53. The molecule has 0 aliphatic rings. The predicted molar refractivity (Wildman–Crippen MR) is 47.7 cm³/mol. The smallest absolute Gasteiger partial charge is 0.0857 e. The molecule has 1 unspecified atom stereocenters. The summed E-state index contributed by atoms with van der Waals surface area (Å²) >= 11 is 1.61. The van der Waals surface area contributed by atoms with E-state index in [1.165, 1.54) is 5.56 Å². The van der Waals surface area contributed by atoms with Gasteiger partial charge in [0.1, 0.15) is 0 Å². The molecule has 0 aliphatic heterocycles. The Balaban J connectivity index is 2.78. The monoisotopic (exact) mass is 171 g/mol. The van der Waals surface area contributed by atoms with Crippen molar-refractivity contribution in [3.8, 4) is 0 Å². The molecule has 0 bridgehead atoms. The van der Waals surface area contributed by atoms with Crippen LogP contribution in [0, 0.1) is 0 Å². The minimum Gasteiger partial charge on any atom is -0.388 e. The van der Waals surface area contributed by atoms with Crippen molar-refractivity contribution in [3.63, 3.8) is 0 Å². The third kappa shape index (κ3) is 2.02. The zero-order valence-electron chi connectivity index (χ0n) is 6.79. The normalized spacial score (nSPS) is 13.4. The highest BCUT2D eigenvalue weighted by Crippen LogP contribution is 2.23. The molecule has 0 fully saturated rings. The van der Waals surface area contributed by atoms with Gasteiger partial charge in [-0.15, -0.1) is 11.3 Å². The maximum atomic E-state index is 9.30. The molecule has 0 saturated heterocycles. The molecule has 0 spiro atoms. The number of thiophene rings is 1. The van der Waals surface area contributed by atoms with E-state index in [4.69, 9.17) is 0 Å². The molecule has 0 aromatic carbocycles. The van der Waals surface area contributed by atoms with Gasteiger partial charge in [0.15, 0.2) is 0 Å². The van der Waals surface area contributed by atoms with E-state index in [2.05, 4.69) is 5.32 Å². The highest BCUT2D eigenvalue weighted by Gasteiger charge is 2.07. The van der Waals surface area contributed by atoms with Crippen LogP contribution in [0.5, 0.6) is 0 Å². The highest BCUT2D eigenvalue weighted by atomic mass is 32.1. The van der Waals surface area contributed by atoms with Crippen LogP contribution in [-0.2, 0) is 6.54 Å². The van der Waals surface area contributed by atoms with Gasteiger partial charge in [0.2, 0.25) is 0 Å². The molecule has 1 aromatic heterocycles. The second kappa shape index (κ2) is 3.85. The van der Waals surface area contributed by atoms with E-state index in [0.29, 0.717) is 0 Å². The Morgan fingerprint density at radius 3 is 3.00 bits per heavy atom. The van der Waals surface area contributed by atoms with Crippen molar-refractivity contribution in [2.75, 3.05) is 7.05 Å². The quantitative estimate of drug-likeness (QED) is 0.722. The van der Waals surface area contributed by atoms with Crippen LogP contribution in [0.3, 0.4) is 0 Å². The van der Waals surface area contributed by atoms with Gasteiger partial charge in [-0.05, 0) is 31.0 Å². The summed E-state index contributed by atoms with van der Waals surface area (Å²) in [6, 6.07) is 2.04. The second-order valence-corrected chi connectivity index (χ2v) is 3.46. The molecule has 62 valence electrons. The van der Waals surface area contributed by atoms with Crippen LogP contribution in [0.15, 0.2) is 11.4 Å². The zero-order valence-corrected chi connectivity index (χ0v) is 7.61. The van der Waals surface area contributed by atoms with Crippen molar-refractivity contribution in [3.05, 3.63) is 21.9 Å². The standard InChI is InChI=1S/C8H13NOS/c1-6(10)8-7(5-9-2)3-4-11-8/h3-4,6,9-10H,5H2,1-2H3. The molecule has 2 N–H and O–H groups in total. The first-order valence-corrected chi connectivity index (χ1v) is 4.52. The molecule has 1 heterocycles. The molecule has 11 heavy (non-hydrogen) atoms. The van der Waals surface area contributed by atoms with Crippen molar-refractivity contribution in [1.82, 2.24) is 5.32 Å². The molecular formula is C8H13NOS. The van der Waals surface area contributed by atoms with Gasteiger partial charge >= 0.3 is 0 Å². The lowest BCUT2D eigenvalue weighted by Crippen LogP contribution is -2.06. The fraction of sp³-hybridized carbons (Fsp3) is 0.500. The number of hydrogen-bond acceptors (Lipinski definition) is 3. The van der Waals surface area contributed by atoms with Crippen LogP contribution >= 0.6 is 11.3 Å². The van der Waals surface area contributed by atoms with Crippen LogP contribution in [0.25, 0.3) is 0 Å². The fourth-order valence-corrected chi connectivity index (χ4v) is 1.92. The molecule has 0 saturated carbocycles. The summed E-state index contributed by atoms with van der Waals surface area (Å²) in [5, 5.41) is 14.4. The number of nitrogens with one attached hydrogen (secondary N) is 1. The zero-order chi connectivity index (χ0) is 8.27. The largest absolute Gasteiger partial charge is 0.388 e. The van der Waals surface area contributed by atoms with Crippen molar-refractivity contribution < 1.29 is 5.11 Å². The van der Waals surface area contributed by atoms with E-state index < -0.39 is 0 Å². The van der Waals surface area contributed by atoms with Gasteiger partial charge in [-0.3, -0.25) is 0 Å². The van der Waals surface area contributed by atoms with Crippen LogP contribution in [0.2, 0.25) is 0 Å². The summed E-state index contributed by atoms with van der Waals surface area (Å²) in [6.45, 7) is 2.63. The number of aliphatic hydroxyl groups excluding tert-OH is 1. The first kappa shape index (κ1) is 8.71. The van der Waals surface area contributed by atoms with E-state index in [1.807, 2.05) is 18.5 Å². The average Bonchev–Trinajstić information content (AvgIpc) is 2.36. The van der Waals surface area contributed by atoms with Gasteiger partial charge in [0.25, 0.3) is 0 Å². The SMILES string of the molecule is CNCc1ccsc1C(C)O. The average molecular weight is 171 g/mol. The Morgan fingerprint density at radius 2 is 2.45 bits per heavy atom. The van der Waals surface area contributed by atoms with E-state index in [-0.39, 0.29) is 6.10 Å². The van der Waals surface area contributed by atoms with Gasteiger partial charge in [-0.1, -0.05) is 0 Å². The molecule has 1 atom stereocenters. The second-order valence-electron chi connectivity index (χ2n) is 2.52. The van der Waals surface area contributed by atoms with Gasteiger partial charge in [0, 0.05) is 11.4 Å². The topological polar surface area (TPSA) is 32.3 Å². The molecular weight excluding hydrogens is 158 g/mol. The van der Waals surface area contributed by atoms with Crippen molar-refractivity contribution >= 4 is 11.3 Å². The summed E-state index contributed by atoms with van der Waals surface area (Å²) in [4.78, 5) is 1.07. The maximum absolute atomic E-state index is 9.30. The Kier molecular flexibility index (Phi) is 3.05. The minimum atomic E-state index is -0.335. The van der Waals surface area contributed by atoms with Gasteiger partial charge < -0.3 is 10.4 Å². The Morgan fingerprint density at radius 1 is 1.73 bits per heavy atom. The van der Waals surface area contributed by atoms with E-state index in [9.17, 15) is 5.11 Å². The Hall–Kier alpha value is -0.380. The molecule has 0 aliphatic carbocycles. The van der Waals surface area contributed by atoms with E-state index >= 15 is 0 Å². The fourth-order valence-electron chi connectivity index (χ4n) is 1.05. The Bertz CT molecular complexity index is 220. The highest BCUT2D eigenvalue weighted by molar-refractivity contribution is 7.10. The molecule has 1 rings (SSSR count). The van der Waals surface area contributed by atoms with Gasteiger partial charge in [-0.25, -0.2) is 0 Å². The molecule has 2 nitrogen and oxygen atoms in total. The maximum Gasteiger partial charge on any atom is 0.0857 e. The van der Waals surface area contributed by atoms with Crippen LogP contribution in [0.1, 0.15) is 23.5 Å². The van der Waals surface area contributed by atoms with Crippen LogP contribution in [-0.4, -0.2) is 12.2 Å². The van der Waals surface area contributed by atoms with Crippen LogP contribution in [0.4, 0.5) is 0 Å². The van der Waals surface area contributed by atoms with Crippen molar-refractivity contribution in [2.24, 2.45) is 0 Å². The Labute approximate surface area is 70.9 Å². The summed E-state index contributed by atoms with van der Waals surface area (Å²) in [5.74, 6) is 0. The van der Waals surface area contributed by atoms with Gasteiger partial charge in [-0.2, -0.15) is 0 Å². The van der Waals surface area contributed by atoms with E-state index in [1.54, 1.807) is 18.3 Å². The first-order valence-electron chi connectivity index (χ1n) is 3.64. The lowest BCUT2D eigenvalue weighted by molar-refractivity contribution is 0.202. The summed E-state index contributed by atoms with van der Waals surface area (Å²) in [7, 11) is 1.91. The number of aliphatic hydroxyl groups is 1.